The van der Waals surface area contributed by atoms with Crippen LogP contribution in [-0.4, -0.2) is 66.1 Å². The predicted octanol–water partition coefficient (Wildman–Crippen LogP) is -1.53. The minimum Gasteiger partial charge on any atom is -0.394 e. The summed E-state index contributed by atoms with van der Waals surface area (Å²) >= 11 is 0. The van der Waals surface area contributed by atoms with E-state index in [1.807, 2.05) is 0 Å². The molecule has 1 unspecified atom stereocenters. The van der Waals surface area contributed by atoms with E-state index >= 15 is 0 Å². The van der Waals surface area contributed by atoms with E-state index in [-0.39, 0.29) is 23.2 Å². The average molecular weight is 309 g/mol. The molecule has 1 aliphatic heterocycles. The van der Waals surface area contributed by atoms with Gasteiger partial charge in [-0.2, -0.15) is 0 Å². The van der Waals surface area contributed by atoms with E-state index in [0.29, 0.717) is 5.52 Å². The Morgan fingerprint density at radius 1 is 1.41 bits per heavy atom. The highest BCUT2D eigenvalue weighted by Crippen LogP contribution is 2.33. The van der Waals surface area contributed by atoms with Crippen molar-refractivity contribution in [2.75, 3.05) is 11.9 Å². The molecule has 0 spiro atoms. The highest BCUT2D eigenvalue weighted by molar-refractivity contribution is 5.95. The first-order valence-corrected chi connectivity index (χ1v) is 6.62. The van der Waals surface area contributed by atoms with Gasteiger partial charge in [-0.05, 0) is 0 Å². The lowest BCUT2D eigenvalue weighted by molar-refractivity contribution is -0.114. The number of anilines is 1. The normalized spacial score (nSPS) is 28.2. The number of aromatic amines is 1. The van der Waals surface area contributed by atoms with Crippen LogP contribution in [-0.2, 0) is 9.53 Å². The lowest BCUT2D eigenvalue weighted by Crippen LogP contribution is -2.32. The maximum atomic E-state index is 11.3. The summed E-state index contributed by atoms with van der Waals surface area (Å²) in [7, 11) is 0. The smallest absolute Gasteiger partial charge is 0.222 e. The van der Waals surface area contributed by atoms with Crippen LogP contribution in [0.15, 0.2) is 6.33 Å². The number of nitrogens with one attached hydrogen (secondary N) is 2. The molecule has 10 nitrogen and oxygen atoms in total. The van der Waals surface area contributed by atoms with E-state index in [1.165, 1.54) is 13.3 Å². The van der Waals surface area contributed by atoms with E-state index in [1.54, 1.807) is 0 Å². The Bertz CT molecular complexity index is 704. The predicted molar refractivity (Wildman–Crippen MR) is 72.7 cm³/mol. The molecule has 0 aliphatic carbocycles. The third-order valence-electron chi connectivity index (χ3n) is 3.39. The number of nitrogens with zero attached hydrogens (tertiary/aromatic N) is 3. The van der Waals surface area contributed by atoms with E-state index in [0.717, 1.165) is 0 Å². The van der Waals surface area contributed by atoms with Gasteiger partial charge < -0.3 is 30.4 Å². The molecule has 0 bridgehead atoms. The van der Waals surface area contributed by atoms with Crippen molar-refractivity contribution in [3.05, 3.63) is 12.2 Å². The summed E-state index contributed by atoms with van der Waals surface area (Å²) in [4.78, 5) is 26.4. The Balaban J connectivity index is 2.02. The van der Waals surface area contributed by atoms with Crippen LogP contribution in [0.1, 0.15) is 18.9 Å². The number of aliphatic hydroxyl groups is 3. The van der Waals surface area contributed by atoms with Crippen LogP contribution in [0.2, 0.25) is 0 Å². The van der Waals surface area contributed by atoms with Gasteiger partial charge in [-0.3, -0.25) is 4.79 Å². The number of imidazole rings is 1. The molecule has 22 heavy (non-hydrogen) atoms. The molecule has 3 heterocycles. The van der Waals surface area contributed by atoms with Crippen molar-refractivity contribution in [2.24, 2.45) is 0 Å². The SMILES string of the molecule is CC(=O)Nc1nc(C2O[C@H](CO)[C@@H](O)[C@@H]2O)nc2nc[nH]c12. The Morgan fingerprint density at radius 3 is 2.82 bits per heavy atom. The summed E-state index contributed by atoms with van der Waals surface area (Å²) in [6, 6.07) is 0. The maximum absolute atomic E-state index is 11.3. The van der Waals surface area contributed by atoms with Gasteiger partial charge in [0.05, 0.1) is 12.9 Å². The number of fused-ring (bicyclic) bond motifs is 1. The Kier molecular flexibility index (Phi) is 3.74. The molecule has 2 aromatic rings. The van der Waals surface area contributed by atoms with Crippen LogP contribution in [0.4, 0.5) is 5.82 Å². The Labute approximate surface area is 124 Å². The van der Waals surface area contributed by atoms with Crippen LogP contribution in [0.25, 0.3) is 11.2 Å². The van der Waals surface area contributed by atoms with E-state index in [2.05, 4.69) is 25.3 Å². The van der Waals surface area contributed by atoms with E-state index < -0.39 is 31.0 Å². The van der Waals surface area contributed by atoms with Crippen LogP contribution < -0.4 is 5.32 Å². The van der Waals surface area contributed by atoms with Crippen molar-refractivity contribution in [2.45, 2.75) is 31.3 Å². The monoisotopic (exact) mass is 309 g/mol. The number of carbonyl (C=O) groups is 1. The lowest BCUT2D eigenvalue weighted by Gasteiger charge is -2.14. The van der Waals surface area contributed by atoms with Crippen molar-refractivity contribution in [1.82, 2.24) is 19.9 Å². The fourth-order valence-electron chi connectivity index (χ4n) is 2.35. The third kappa shape index (κ3) is 2.41. The molecule has 1 saturated heterocycles. The number of rotatable bonds is 3. The molecule has 5 N–H and O–H groups in total. The number of hydrogen-bond acceptors (Lipinski definition) is 8. The van der Waals surface area contributed by atoms with Crippen molar-refractivity contribution >= 4 is 22.9 Å². The molecule has 4 atom stereocenters. The van der Waals surface area contributed by atoms with Crippen LogP contribution >= 0.6 is 0 Å². The lowest BCUT2D eigenvalue weighted by atomic mass is 10.1. The molecule has 0 saturated carbocycles. The fraction of sp³-hybridized carbons (Fsp3) is 0.500. The van der Waals surface area contributed by atoms with Gasteiger partial charge in [-0.25, -0.2) is 15.0 Å². The van der Waals surface area contributed by atoms with E-state index in [4.69, 9.17) is 9.84 Å². The van der Waals surface area contributed by atoms with E-state index in [9.17, 15) is 15.0 Å². The highest BCUT2D eigenvalue weighted by atomic mass is 16.6. The minimum absolute atomic E-state index is 0.0610. The van der Waals surface area contributed by atoms with Gasteiger partial charge in [-0.1, -0.05) is 0 Å². The number of H-pyrrole nitrogens is 1. The Hall–Kier alpha value is -2.14. The molecule has 10 heteroatoms. The third-order valence-corrected chi connectivity index (χ3v) is 3.39. The second kappa shape index (κ2) is 5.57. The van der Waals surface area contributed by atoms with Crippen molar-refractivity contribution in [3.63, 3.8) is 0 Å². The number of ether oxygens (including phenoxy) is 1. The van der Waals surface area contributed by atoms with Gasteiger partial charge in [0.15, 0.2) is 17.3 Å². The number of carbonyl (C=O) groups excluding carboxylic acids is 1. The zero-order valence-electron chi connectivity index (χ0n) is 11.6. The molecule has 2 aromatic heterocycles. The van der Waals surface area contributed by atoms with Gasteiger partial charge >= 0.3 is 0 Å². The second-order valence-corrected chi connectivity index (χ2v) is 4.97. The Morgan fingerprint density at radius 2 is 2.18 bits per heavy atom. The molecule has 1 aliphatic rings. The van der Waals surface area contributed by atoms with Crippen LogP contribution in [0.3, 0.4) is 0 Å². The average Bonchev–Trinajstić information content (AvgIpc) is 3.05. The number of aromatic nitrogens is 4. The zero-order chi connectivity index (χ0) is 15.9. The maximum Gasteiger partial charge on any atom is 0.222 e. The molecule has 1 fully saturated rings. The van der Waals surface area contributed by atoms with Gasteiger partial charge in [0, 0.05) is 6.92 Å². The molecule has 1 amide bonds. The first kappa shape index (κ1) is 14.8. The summed E-state index contributed by atoms with van der Waals surface area (Å²) in [6.45, 7) is 0.883. The molecule has 0 aromatic carbocycles. The minimum atomic E-state index is -1.29. The topological polar surface area (TPSA) is 153 Å². The summed E-state index contributed by atoms with van der Waals surface area (Å²) in [5, 5.41) is 31.5. The molecule has 3 rings (SSSR count). The number of amides is 1. The van der Waals surface area contributed by atoms with Gasteiger partial charge in [-0.15, -0.1) is 0 Å². The van der Waals surface area contributed by atoms with Crippen molar-refractivity contribution < 1.29 is 24.9 Å². The fourth-order valence-corrected chi connectivity index (χ4v) is 2.35. The summed E-state index contributed by atoms with van der Waals surface area (Å²) < 4.78 is 5.38. The molecular formula is C12H15N5O5. The standard InChI is InChI=1S/C12H15N5O5/c1-4(19)15-11-6-10(14-3-13-6)16-12(17-11)9-8(21)7(20)5(2-18)22-9/h3,5,7-9,18,20-21H,2H2,1H3,(H2,13,14,15,16,17,19)/t5-,7-,8+,9?/m1/s1. The van der Waals surface area contributed by atoms with Crippen molar-refractivity contribution in [1.29, 1.82) is 0 Å². The first-order valence-electron chi connectivity index (χ1n) is 6.62. The quantitative estimate of drug-likeness (QED) is 0.457. The molecule has 0 radical (unpaired) electrons. The zero-order valence-corrected chi connectivity index (χ0v) is 11.6. The van der Waals surface area contributed by atoms with Gasteiger partial charge in [0.2, 0.25) is 5.91 Å². The number of hydrogen-bond donors (Lipinski definition) is 5. The summed E-state index contributed by atoms with van der Waals surface area (Å²) in [6.07, 6.45) is -3.11. The van der Waals surface area contributed by atoms with Crippen molar-refractivity contribution in [3.8, 4) is 0 Å². The van der Waals surface area contributed by atoms with Crippen LogP contribution in [0, 0.1) is 0 Å². The first-order chi connectivity index (χ1) is 10.5. The second-order valence-electron chi connectivity index (χ2n) is 4.97. The number of aliphatic hydroxyl groups excluding tert-OH is 3. The van der Waals surface area contributed by atoms with Crippen LogP contribution in [0.5, 0.6) is 0 Å². The largest absolute Gasteiger partial charge is 0.394 e. The van der Waals surface area contributed by atoms with Gasteiger partial charge in [0.25, 0.3) is 0 Å². The van der Waals surface area contributed by atoms with Gasteiger partial charge in [0.1, 0.15) is 29.9 Å². The highest BCUT2D eigenvalue weighted by Gasteiger charge is 2.44. The molecular weight excluding hydrogens is 294 g/mol. The summed E-state index contributed by atoms with van der Waals surface area (Å²) in [5.41, 5.74) is 0.720. The summed E-state index contributed by atoms with van der Waals surface area (Å²) in [5.74, 6) is -0.0738. The molecule has 118 valence electrons.